The van der Waals surface area contributed by atoms with Crippen molar-refractivity contribution >= 4 is 11.7 Å². The third-order valence-electron chi connectivity index (χ3n) is 5.78. The van der Waals surface area contributed by atoms with Gasteiger partial charge in [-0.15, -0.1) is 0 Å². The summed E-state index contributed by atoms with van der Waals surface area (Å²) in [4.78, 5) is 23.8. The van der Waals surface area contributed by atoms with E-state index in [2.05, 4.69) is 19.9 Å². The number of urea groups is 1. The van der Waals surface area contributed by atoms with E-state index in [9.17, 15) is 4.79 Å². The third kappa shape index (κ3) is 3.93. The largest absolute Gasteiger partial charge is 0.486 e. The van der Waals surface area contributed by atoms with E-state index in [1.165, 1.54) is 0 Å². The zero-order chi connectivity index (χ0) is 21.2. The van der Waals surface area contributed by atoms with Crippen LogP contribution in [0.3, 0.4) is 0 Å². The van der Waals surface area contributed by atoms with Crippen LogP contribution in [0.5, 0.6) is 11.5 Å². The Bertz CT molecular complexity index is 1080. The molecule has 160 valence electrons. The molecule has 1 unspecified atom stereocenters. The van der Waals surface area contributed by atoms with Gasteiger partial charge in [-0.1, -0.05) is 0 Å². The lowest BCUT2D eigenvalue weighted by molar-refractivity contribution is 0.171. The summed E-state index contributed by atoms with van der Waals surface area (Å²) in [5, 5.41) is 3.02. The molecule has 1 fully saturated rings. The number of ether oxygens (including phenoxy) is 2. The van der Waals surface area contributed by atoms with Crippen molar-refractivity contribution in [3.8, 4) is 11.5 Å². The van der Waals surface area contributed by atoms with E-state index in [4.69, 9.17) is 9.47 Å². The van der Waals surface area contributed by atoms with Gasteiger partial charge in [-0.25, -0.2) is 9.78 Å². The molecule has 1 aromatic carbocycles. The van der Waals surface area contributed by atoms with Crippen molar-refractivity contribution in [1.29, 1.82) is 0 Å². The number of hydrogen-bond acceptors (Lipinski definition) is 5. The molecule has 0 bridgehead atoms. The average Bonchev–Trinajstić information content (AvgIpc) is 3.41. The first kappa shape index (κ1) is 19.4. The number of anilines is 1. The molecule has 0 aliphatic carbocycles. The van der Waals surface area contributed by atoms with Gasteiger partial charge in [-0.05, 0) is 49.6 Å². The fourth-order valence-electron chi connectivity index (χ4n) is 4.22. The van der Waals surface area contributed by atoms with Crippen molar-refractivity contribution in [3.63, 3.8) is 0 Å². The molecule has 8 nitrogen and oxygen atoms in total. The summed E-state index contributed by atoms with van der Waals surface area (Å²) >= 11 is 0. The number of aromatic nitrogens is 3. The van der Waals surface area contributed by atoms with Crippen molar-refractivity contribution in [2.75, 3.05) is 25.1 Å². The van der Waals surface area contributed by atoms with Gasteiger partial charge < -0.3 is 24.3 Å². The zero-order valence-corrected chi connectivity index (χ0v) is 17.5. The van der Waals surface area contributed by atoms with E-state index < -0.39 is 0 Å². The predicted octanol–water partition coefficient (Wildman–Crippen LogP) is 3.78. The number of likely N-dealkylation sites (tertiary alicyclic amines) is 1. The van der Waals surface area contributed by atoms with Gasteiger partial charge in [0, 0.05) is 49.1 Å². The number of benzene rings is 1. The molecule has 4 heterocycles. The van der Waals surface area contributed by atoms with Gasteiger partial charge in [0.05, 0.1) is 6.04 Å². The molecule has 31 heavy (non-hydrogen) atoms. The molecule has 2 amide bonds. The molecule has 2 aliphatic heterocycles. The van der Waals surface area contributed by atoms with E-state index in [0.717, 1.165) is 29.9 Å². The fourth-order valence-corrected chi connectivity index (χ4v) is 4.22. The highest BCUT2D eigenvalue weighted by molar-refractivity contribution is 5.90. The van der Waals surface area contributed by atoms with E-state index in [-0.39, 0.29) is 12.1 Å². The number of imidazole rings is 1. The molecular weight excluding hydrogens is 394 g/mol. The molecule has 0 spiro atoms. The molecule has 5 rings (SSSR count). The Morgan fingerprint density at radius 3 is 2.81 bits per heavy atom. The van der Waals surface area contributed by atoms with Crippen LogP contribution < -0.4 is 14.8 Å². The number of pyridine rings is 1. The van der Waals surface area contributed by atoms with E-state index in [1.807, 2.05) is 48.4 Å². The first-order chi connectivity index (χ1) is 15.2. The number of amides is 2. The van der Waals surface area contributed by atoms with Gasteiger partial charge >= 0.3 is 6.03 Å². The van der Waals surface area contributed by atoms with Crippen LogP contribution in [0.1, 0.15) is 36.0 Å². The topological polar surface area (TPSA) is 81.5 Å². The second-order valence-corrected chi connectivity index (χ2v) is 7.84. The molecule has 8 heteroatoms. The monoisotopic (exact) mass is 419 g/mol. The minimum absolute atomic E-state index is 0.0623. The lowest BCUT2D eigenvalue weighted by Gasteiger charge is -2.26. The smallest absolute Gasteiger partial charge is 0.322 e. The van der Waals surface area contributed by atoms with Gasteiger partial charge in [0.2, 0.25) is 0 Å². The second kappa shape index (κ2) is 8.29. The number of carbonyl (C=O) groups is 1. The highest BCUT2D eigenvalue weighted by Gasteiger charge is 2.33. The maximum absolute atomic E-state index is 13.1. The Morgan fingerprint density at radius 1 is 1.16 bits per heavy atom. The fraction of sp³-hybridized carbons (Fsp3) is 0.348. The maximum atomic E-state index is 13.1. The molecule has 0 radical (unpaired) electrons. The molecular formula is C23H25N5O3. The molecule has 1 saturated heterocycles. The van der Waals surface area contributed by atoms with E-state index in [1.54, 1.807) is 12.4 Å². The van der Waals surface area contributed by atoms with Crippen LogP contribution in [-0.4, -0.2) is 45.2 Å². The van der Waals surface area contributed by atoms with Crippen LogP contribution in [0.15, 0.2) is 48.9 Å². The Kier molecular flexibility index (Phi) is 5.19. The Morgan fingerprint density at radius 2 is 1.97 bits per heavy atom. The second-order valence-electron chi connectivity index (χ2n) is 7.84. The zero-order valence-electron chi connectivity index (χ0n) is 17.5. The van der Waals surface area contributed by atoms with Crippen LogP contribution in [0, 0.1) is 6.92 Å². The SMILES string of the molecule is Cc1cnc(C2CCCN2C(=O)Nc2ccc3c(c2)OCCO3)n1Cc1ccncc1. The Hall–Kier alpha value is -3.55. The van der Waals surface area contributed by atoms with Crippen LogP contribution in [0.25, 0.3) is 0 Å². The summed E-state index contributed by atoms with van der Waals surface area (Å²) in [5.41, 5.74) is 2.92. The van der Waals surface area contributed by atoms with Crippen LogP contribution >= 0.6 is 0 Å². The van der Waals surface area contributed by atoms with Crippen LogP contribution in [-0.2, 0) is 6.54 Å². The molecule has 2 aliphatic rings. The third-order valence-corrected chi connectivity index (χ3v) is 5.78. The summed E-state index contributed by atoms with van der Waals surface area (Å²) in [6.45, 7) is 4.50. The van der Waals surface area contributed by atoms with Crippen molar-refractivity contribution in [1.82, 2.24) is 19.4 Å². The van der Waals surface area contributed by atoms with Crippen molar-refractivity contribution in [3.05, 3.63) is 66.0 Å². The highest BCUT2D eigenvalue weighted by atomic mass is 16.6. The normalized spacial score (nSPS) is 17.6. The standard InChI is InChI=1S/C23H25N5O3/c1-16-14-25-22(28(16)15-17-6-8-24-9-7-17)19-3-2-10-27(19)23(29)26-18-4-5-20-21(13-18)31-12-11-30-20/h4-9,13-14,19H,2-3,10-12,15H2,1H3,(H,26,29). The van der Waals surface area contributed by atoms with Crippen molar-refractivity contribution in [2.45, 2.75) is 32.4 Å². The molecule has 0 saturated carbocycles. The van der Waals surface area contributed by atoms with Crippen molar-refractivity contribution in [2.24, 2.45) is 0 Å². The number of nitrogens with one attached hydrogen (secondary N) is 1. The molecule has 3 aromatic rings. The van der Waals surface area contributed by atoms with Gasteiger partial charge in [-0.3, -0.25) is 4.98 Å². The molecule has 2 aromatic heterocycles. The number of carbonyl (C=O) groups excluding carboxylic acids is 1. The summed E-state index contributed by atoms with van der Waals surface area (Å²) in [6, 6.07) is 9.30. The van der Waals surface area contributed by atoms with Gasteiger partial charge in [-0.2, -0.15) is 0 Å². The average molecular weight is 419 g/mol. The number of hydrogen-bond donors (Lipinski definition) is 1. The molecule has 1 N–H and O–H groups in total. The summed E-state index contributed by atoms with van der Waals surface area (Å²) in [5.74, 6) is 2.28. The van der Waals surface area contributed by atoms with Gasteiger partial charge in [0.15, 0.2) is 11.5 Å². The number of fused-ring (bicyclic) bond motifs is 1. The minimum Gasteiger partial charge on any atom is -0.486 e. The number of aryl methyl sites for hydroxylation is 1. The van der Waals surface area contributed by atoms with Gasteiger partial charge in [0.25, 0.3) is 0 Å². The predicted molar refractivity (Wildman–Crippen MR) is 115 cm³/mol. The number of rotatable bonds is 4. The maximum Gasteiger partial charge on any atom is 0.322 e. The Balaban J connectivity index is 1.35. The summed E-state index contributed by atoms with van der Waals surface area (Å²) in [7, 11) is 0. The quantitative estimate of drug-likeness (QED) is 0.696. The Labute approximate surface area is 180 Å². The molecule has 1 atom stereocenters. The lowest BCUT2D eigenvalue weighted by atomic mass is 10.2. The first-order valence-corrected chi connectivity index (χ1v) is 10.6. The van der Waals surface area contributed by atoms with Crippen LogP contribution in [0.2, 0.25) is 0 Å². The number of nitrogens with zero attached hydrogens (tertiary/aromatic N) is 4. The minimum atomic E-state index is -0.129. The van der Waals surface area contributed by atoms with Crippen LogP contribution in [0.4, 0.5) is 10.5 Å². The highest BCUT2D eigenvalue weighted by Crippen LogP contribution is 2.35. The van der Waals surface area contributed by atoms with Crippen molar-refractivity contribution < 1.29 is 14.3 Å². The summed E-state index contributed by atoms with van der Waals surface area (Å²) in [6.07, 6.45) is 7.31. The summed E-state index contributed by atoms with van der Waals surface area (Å²) < 4.78 is 13.4. The van der Waals surface area contributed by atoms with Gasteiger partial charge in [0.1, 0.15) is 19.0 Å². The van der Waals surface area contributed by atoms with E-state index in [0.29, 0.717) is 43.5 Å². The lowest BCUT2D eigenvalue weighted by Crippen LogP contribution is -2.35. The van der Waals surface area contributed by atoms with E-state index >= 15 is 0 Å². The first-order valence-electron chi connectivity index (χ1n) is 10.6.